The van der Waals surface area contributed by atoms with E-state index in [1.807, 2.05) is 0 Å². The highest BCUT2D eigenvalue weighted by Crippen LogP contribution is 2.22. The minimum absolute atomic E-state index is 0.0580. The molecule has 2 atom stereocenters. The van der Waals surface area contributed by atoms with Gasteiger partial charge in [-0.15, -0.1) is 0 Å². The topological polar surface area (TPSA) is 104 Å². The second kappa shape index (κ2) is 8.26. The van der Waals surface area contributed by atoms with Gasteiger partial charge in [-0.2, -0.15) is 0 Å². The van der Waals surface area contributed by atoms with Crippen molar-refractivity contribution in [2.75, 3.05) is 39.0 Å². The van der Waals surface area contributed by atoms with E-state index < -0.39 is 21.9 Å². The molecule has 0 spiro atoms. The fraction of sp³-hybridized carbons (Fsp3) is 0.867. The highest BCUT2D eigenvalue weighted by atomic mass is 32.2. The summed E-state index contributed by atoms with van der Waals surface area (Å²) in [7, 11) is -3.32. The van der Waals surface area contributed by atoms with Gasteiger partial charge < -0.3 is 14.7 Å². The van der Waals surface area contributed by atoms with E-state index in [1.165, 1.54) is 4.31 Å². The van der Waals surface area contributed by atoms with Gasteiger partial charge in [0.2, 0.25) is 15.9 Å². The number of piperidine rings is 1. The van der Waals surface area contributed by atoms with Crippen LogP contribution in [-0.2, 0) is 24.3 Å². The second-order valence-corrected chi connectivity index (χ2v) is 8.51. The number of carboxylic acid groups (broad SMARTS) is 1. The number of rotatable bonds is 7. The number of carbonyl (C=O) groups is 2. The molecule has 2 rings (SSSR count). The first-order valence-corrected chi connectivity index (χ1v) is 10.2. The molecule has 2 unspecified atom stereocenters. The van der Waals surface area contributed by atoms with E-state index in [4.69, 9.17) is 9.84 Å². The van der Waals surface area contributed by atoms with Crippen molar-refractivity contribution >= 4 is 21.9 Å². The van der Waals surface area contributed by atoms with Crippen LogP contribution in [-0.4, -0.2) is 79.8 Å². The number of hydrogen-bond acceptors (Lipinski definition) is 5. The number of ether oxygens (including phenoxy) is 1. The molecule has 2 fully saturated rings. The molecular formula is C15H26N2O6S. The first kappa shape index (κ1) is 19.1. The monoisotopic (exact) mass is 362 g/mol. The first-order valence-electron chi connectivity index (χ1n) is 8.34. The standard InChI is InChI=1S/C15H26N2O6S/c1-24(21,22)17-7-2-4-12(10-17)15(20)16(8-6-14(18)19)11-13-5-3-9-23-13/h12-13H,2-11H2,1H3,(H,18,19). The van der Waals surface area contributed by atoms with Crippen LogP contribution in [0.5, 0.6) is 0 Å². The van der Waals surface area contributed by atoms with Gasteiger partial charge in [-0.1, -0.05) is 0 Å². The summed E-state index contributed by atoms with van der Waals surface area (Å²) >= 11 is 0. The van der Waals surface area contributed by atoms with Crippen molar-refractivity contribution in [3.8, 4) is 0 Å². The Kier molecular flexibility index (Phi) is 6.59. The van der Waals surface area contributed by atoms with Crippen molar-refractivity contribution in [1.82, 2.24) is 9.21 Å². The lowest BCUT2D eigenvalue weighted by molar-refractivity contribution is -0.141. The van der Waals surface area contributed by atoms with Crippen LogP contribution in [0.25, 0.3) is 0 Å². The number of aliphatic carboxylic acids is 1. The fourth-order valence-electron chi connectivity index (χ4n) is 3.26. The normalized spacial score (nSPS) is 25.5. The van der Waals surface area contributed by atoms with Crippen LogP contribution < -0.4 is 0 Å². The third kappa shape index (κ3) is 5.42. The van der Waals surface area contributed by atoms with Crippen LogP contribution in [0.4, 0.5) is 0 Å². The summed E-state index contributed by atoms with van der Waals surface area (Å²) in [4.78, 5) is 25.2. The second-order valence-electron chi connectivity index (χ2n) is 6.52. The Labute approximate surface area is 142 Å². The minimum atomic E-state index is -3.32. The highest BCUT2D eigenvalue weighted by molar-refractivity contribution is 7.88. The summed E-state index contributed by atoms with van der Waals surface area (Å²) in [5, 5.41) is 8.91. The molecule has 0 aliphatic carbocycles. The molecular weight excluding hydrogens is 336 g/mol. The zero-order chi connectivity index (χ0) is 17.7. The number of carbonyl (C=O) groups excluding carboxylic acids is 1. The molecule has 138 valence electrons. The highest BCUT2D eigenvalue weighted by Gasteiger charge is 2.34. The van der Waals surface area contributed by atoms with Crippen LogP contribution in [0.2, 0.25) is 0 Å². The van der Waals surface area contributed by atoms with E-state index in [2.05, 4.69) is 0 Å². The molecule has 2 aliphatic heterocycles. The smallest absolute Gasteiger partial charge is 0.305 e. The Bertz CT molecular complexity index is 558. The van der Waals surface area contributed by atoms with E-state index >= 15 is 0 Å². The quantitative estimate of drug-likeness (QED) is 0.691. The molecule has 0 bridgehead atoms. The Balaban J connectivity index is 2.02. The van der Waals surface area contributed by atoms with Crippen LogP contribution in [0.3, 0.4) is 0 Å². The van der Waals surface area contributed by atoms with Crippen LogP contribution >= 0.6 is 0 Å². The van der Waals surface area contributed by atoms with Gasteiger partial charge in [-0.3, -0.25) is 9.59 Å². The molecule has 0 aromatic carbocycles. The van der Waals surface area contributed by atoms with Crippen molar-refractivity contribution in [3.63, 3.8) is 0 Å². The summed E-state index contributed by atoms with van der Waals surface area (Å²) in [6.07, 6.45) is 4.02. The molecule has 8 nitrogen and oxygen atoms in total. The summed E-state index contributed by atoms with van der Waals surface area (Å²) < 4.78 is 30.3. The molecule has 0 saturated carbocycles. The maximum atomic E-state index is 12.8. The van der Waals surface area contributed by atoms with Crippen LogP contribution in [0.1, 0.15) is 32.1 Å². The summed E-state index contributed by atoms with van der Waals surface area (Å²) in [6.45, 7) is 1.78. The predicted molar refractivity (Wildman–Crippen MR) is 86.9 cm³/mol. The molecule has 9 heteroatoms. The van der Waals surface area contributed by atoms with Gasteiger partial charge in [0, 0.05) is 32.8 Å². The SMILES string of the molecule is CS(=O)(=O)N1CCCC(C(=O)N(CCC(=O)O)CC2CCCO2)C1. The zero-order valence-electron chi connectivity index (χ0n) is 14.0. The van der Waals surface area contributed by atoms with Crippen molar-refractivity contribution in [3.05, 3.63) is 0 Å². The van der Waals surface area contributed by atoms with Gasteiger partial charge in [-0.25, -0.2) is 12.7 Å². The van der Waals surface area contributed by atoms with Gasteiger partial charge in [-0.05, 0) is 25.7 Å². The molecule has 2 saturated heterocycles. The van der Waals surface area contributed by atoms with E-state index in [-0.39, 0.29) is 31.5 Å². The molecule has 24 heavy (non-hydrogen) atoms. The predicted octanol–water partition coefficient (Wildman–Crippen LogP) is 0.140. The van der Waals surface area contributed by atoms with Crippen molar-refractivity contribution < 1.29 is 27.9 Å². The lowest BCUT2D eigenvalue weighted by Crippen LogP contribution is -2.48. The average Bonchev–Trinajstić information content (AvgIpc) is 3.03. The van der Waals surface area contributed by atoms with Crippen LogP contribution in [0, 0.1) is 5.92 Å². The van der Waals surface area contributed by atoms with Gasteiger partial charge in [0.05, 0.1) is 24.7 Å². The molecule has 1 N–H and O–H groups in total. The lowest BCUT2D eigenvalue weighted by Gasteiger charge is -2.34. The molecule has 0 aromatic heterocycles. The molecule has 1 amide bonds. The van der Waals surface area contributed by atoms with Gasteiger partial charge >= 0.3 is 5.97 Å². The Morgan fingerprint density at radius 3 is 2.62 bits per heavy atom. The third-order valence-electron chi connectivity index (χ3n) is 4.56. The molecule has 2 aliphatic rings. The zero-order valence-corrected chi connectivity index (χ0v) is 14.8. The van der Waals surface area contributed by atoms with Crippen molar-refractivity contribution in [1.29, 1.82) is 0 Å². The van der Waals surface area contributed by atoms with Crippen LogP contribution in [0.15, 0.2) is 0 Å². The van der Waals surface area contributed by atoms with Crippen molar-refractivity contribution in [2.45, 2.75) is 38.2 Å². The first-order chi connectivity index (χ1) is 11.3. The van der Waals surface area contributed by atoms with E-state index in [0.717, 1.165) is 19.1 Å². The largest absolute Gasteiger partial charge is 0.481 e. The van der Waals surface area contributed by atoms with Gasteiger partial charge in [0.1, 0.15) is 0 Å². The van der Waals surface area contributed by atoms with E-state index in [9.17, 15) is 18.0 Å². The van der Waals surface area contributed by atoms with E-state index in [0.29, 0.717) is 32.5 Å². The van der Waals surface area contributed by atoms with Gasteiger partial charge in [0.15, 0.2) is 0 Å². The average molecular weight is 362 g/mol. The Morgan fingerprint density at radius 1 is 1.29 bits per heavy atom. The van der Waals surface area contributed by atoms with Crippen molar-refractivity contribution in [2.24, 2.45) is 5.92 Å². The minimum Gasteiger partial charge on any atom is -0.481 e. The fourth-order valence-corrected chi connectivity index (χ4v) is 4.17. The van der Waals surface area contributed by atoms with Gasteiger partial charge in [0.25, 0.3) is 0 Å². The number of hydrogen-bond donors (Lipinski definition) is 1. The molecule has 0 radical (unpaired) electrons. The number of sulfonamides is 1. The maximum absolute atomic E-state index is 12.8. The third-order valence-corrected chi connectivity index (χ3v) is 5.83. The Hall–Kier alpha value is -1.19. The number of amides is 1. The number of nitrogens with zero attached hydrogens (tertiary/aromatic N) is 2. The summed E-state index contributed by atoms with van der Waals surface area (Å²) in [6, 6.07) is 0. The molecule has 0 aromatic rings. The Morgan fingerprint density at radius 2 is 2.04 bits per heavy atom. The summed E-state index contributed by atoms with van der Waals surface area (Å²) in [5.74, 6) is -1.54. The lowest BCUT2D eigenvalue weighted by atomic mass is 9.97. The summed E-state index contributed by atoms with van der Waals surface area (Å²) in [5.41, 5.74) is 0. The number of carboxylic acids is 1. The maximum Gasteiger partial charge on any atom is 0.305 e. The van der Waals surface area contributed by atoms with E-state index in [1.54, 1.807) is 4.90 Å². The molecule has 2 heterocycles.